The zero-order valence-corrected chi connectivity index (χ0v) is 7.80. The molecule has 0 spiro atoms. The van der Waals surface area contributed by atoms with Gasteiger partial charge in [0.05, 0.1) is 6.61 Å². The second kappa shape index (κ2) is 5.77. The van der Waals surface area contributed by atoms with Crippen molar-refractivity contribution in [3.63, 3.8) is 0 Å². The Morgan fingerprint density at radius 2 is 2.25 bits per heavy atom. The highest BCUT2D eigenvalue weighted by Gasteiger charge is 2.04. The predicted molar refractivity (Wildman–Crippen MR) is 48.6 cm³/mol. The van der Waals surface area contributed by atoms with Crippen molar-refractivity contribution in [3.05, 3.63) is 12.2 Å². The molecule has 0 saturated carbocycles. The van der Waals surface area contributed by atoms with Crippen LogP contribution in [0, 0.1) is 5.92 Å². The van der Waals surface area contributed by atoms with E-state index in [-0.39, 0.29) is 5.97 Å². The molecule has 1 unspecified atom stereocenters. The molecule has 0 heterocycles. The molecule has 12 heavy (non-hydrogen) atoms. The molecule has 1 atom stereocenters. The third-order valence-corrected chi connectivity index (χ3v) is 1.59. The maximum atomic E-state index is 10.9. The summed E-state index contributed by atoms with van der Waals surface area (Å²) in [6.45, 7) is 8.19. The summed E-state index contributed by atoms with van der Waals surface area (Å²) in [6.07, 6.45) is 0.815. The number of carbonyl (C=O) groups is 1. The predicted octanol–water partition coefficient (Wildman–Crippen LogP) is 1.09. The molecule has 0 saturated heterocycles. The Kier molecular flexibility index (Phi) is 5.37. The van der Waals surface area contributed by atoms with E-state index < -0.39 is 0 Å². The summed E-state index contributed by atoms with van der Waals surface area (Å²) in [4.78, 5) is 10.9. The van der Waals surface area contributed by atoms with Crippen LogP contribution in [0.2, 0.25) is 0 Å². The molecule has 0 aromatic rings. The first-order chi connectivity index (χ1) is 5.57. The Morgan fingerprint density at radius 1 is 1.67 bits per heavy atom. The van der Waals surface area contributed by atoms with Crippen LogP contribution in [-0.2, 0) is 9.53 Å². The second-order valence-corrected chi connectivity index (χ2v) is 3.05. The highest BCUT2D eigenvalue weighted by molar-refractivity contribution is 5.86. The van der Waals surface area contributed by atoms with Crippen LogP contribution in [0.15, 0.2) is 12.2 Å². The van der Waals surface area contributed by atoms with E-state index in [1.807, 2.05) is 6.92 Å². The number of hydrogen-bond donors (Lipinski definition) is 1. The number of nitrogens with two attached hydrogens (primary N) is 1. The number of esters is 1. The van der Waals surface area contributed by atoms with Crippen molar-refractivity contribution in [1.82, 2.24) is 0 Å². The first-order valence-corrected chi connectivity index (χ1v) is 4.10. The average molecular weight is 171 g/mol. The van der Waals surface area contributed by atoms with Crippen LogP contribution in [0.25, 0.3) is 0 Å². The Hall–Kier alpha value is -0.830. The summed E-state index contributed by atoms with van der Waals surface area (Å²) in [5, 5.41) is 0. The summed E-state index contributed by atoms with van der Waals surface area (Å²) < 4.78 is 4.88. The first kappa shape index (κ1) is 11.2. The molecule has 70 valence electrons. The molecule has 0 rings (SSSR count). The van der Waals surface area contributed by atoms with E-state index in [0.717, 1.165) is 6.42 Å². The average Bonchev–Trinajstić information content (AvgIpc) is 2.03. The van der Waals surface area contributed by atoms with Crippen LogP contribution in [0.3, 0.4) is 0 Å². The lowest BCUT2D eigenvalue weighted by Gasteiger charge is -2.08. The minimum Gasteiger partial charge on any atom is -0.462 e. The molecule has 0 aliphatic carbocycles. The van der Waals surface area contributed by atoms with Gasteiger partial charge < -0.3 is 10.5 Å². The van der Waals surface area contributed by atoms with Gasteiger partial charge in [0.2, 0.25) is 0 Å². The van der Waals surface area contributed by atoms with Gasteiger partial charge in [0.15, 0.2) is 0 Å². The van der Waals surface area contributed by atoms with Crippen molar-refractivity contribution in [2.75, 3.05) is 13.2 Å². The third-order valence-electron chi connectivity index (χ3n) is 1.59. The molecule has 0 amide bonds. The Bertz CT molecular complexity index is 166. The lowest BCUT2D eigenvalue weighted by Crippen LogP contribution is -2.15. The Morgan fingerprint density at radius 3 is 2.67 bits per heavy atom. The van der Waals surface area contributed by atoms with Crippen LogP contribution in [0.4, 0.5) is 0 Å². The van der Waals surface area contributed by atoms with E-state index in [4.69, 9.17) is 10.5 Å². The summed E-state index contributed by atoms with van der Waals surface area (Å²) in [6, 6.07) is 0. The molecule has 2 N–H and O–H groups in total. The van der Waals surface area contributed by atoms with Crippen molar-refractivity contribution in [1.29, 1.82) is 0 Å². The number of carbonyl (C=O) groups excluding carboxylic acids is 1. The standard InChI is InChI=1S/C9H17NO2/c1-7(2)9(11)12-5-4-8(3)6-10/h8H,1,4-6,10H2,2-3H3. The summed E-state index contributed by atoms with van der Waals surface area (Å²) in [5.41, 5.74) is 5.83. The summed E-state index contributed by atoms with van der Waals surface area (Å²) in [5.74, 6) is 0.0853. The van der Waals surface area contributed by atoms with Gasteiger partial charge in [-0.15, -0.1) is 0 Å². The lowest BCUT2D eigenvalue weighted by atomic mass is 10.1. The van der Waals surface area contributed by atoms with Crippen molar-refractivity contribution >= 4 is 5.97 Å². The quantitative estimate of drug-likeness (QED) is 0.497. The van der Waals surface area contributed by atoms with Gasteiger partial charge in [-0.25, -0.2) is 4.79 Å². The van der Waals surface area contributed by atoms with Crippen molar-refractivity contribution in [3.8, 4) is 0 Å². The smallest absolute Gasteiger partial charge is 0.333 e. The number of rotatable bonds is 5. The van der Waals surface area contributed by atoms with Gasteiger partial charge in [-0.2, -0.15) is 0 Å². The highest BCUT2D eigenvalue weighted by atomic mass is 16.5. The van der Waals surface area contributed by atoms with Gasteiger partial charge in [-0.05, 0) is 25.8 Å². The molecule has 3 nitrogen and oxygen atoms in total. The van der Waals surface area contributed by atoms with E-state index in [1.165, 1.54) is 0 Å². The zero-order chi connectivity index (χ0) is 9.56. The largest absolute Gasteiger partial charge is 0.462 e. The zero-order valence-electron chi connectivity index (χ0n) is 7.80. The topological polar surface area (TPSA) is 52.3 Å². The maximum absolute atomic E-state index is 10.9. The van der Waals surface area contributed by atoms with Gasteiger partial charge in [-0.3, -0.25) is 0 Å². The monoisotopic (exact) mass is 171 g/mol. The van der Waals surface area contributed by atoms with Crippen LogP contribution in [0.5, 0.6) is 0 Å². The van der Waals surface area contributed by atoms with Gasteiger partial charge in [-0.1, -0.05) is 13.5 Å². The fraction of sp³-hybridized carbons (Fsp3) is 0.667. The minimum absolute atomic E-state index is 0.320. The van der Waals surface area contributed by atoms with Crippen molar-refractivity contribution in [2.45, 2.75) is 20.3 Å². The van der Waals surface area contributed by atoms with E-state index in [9.17, 15) is 4.79 Å². The van der Waals surface area contributed by atoms with Gasteiger partial charge in [0.1, 0.15) is 0 Å². The van der Waals surface area contributed by atoms with Gasteiger partial charge in [0.25, 0.3) is 0 Å². The van der Waals surface area contributed by atoms with E-state index in [2.05, 4.69) is 6.58 Å². The molecule has 0 aromatic heterocycles. The molecule has 3 heteroatoms. The van der Waals surface area contributed by atoms with Crippen LogP contribution >= 0.6 is 0 Å². The summed E-state index contributed by atoms with van der Waals surface area (Å²) >= 11 is 0. The number of ether oxygens (including phenoxy) is 1. The first-order valence-electron chi connectivity index (χ1n) is 4.10. The van der Waals surface area contributed by atoms with Crippen LogP contribution < -0.4 is 5.73 Å². The van der Waals surface area contributed by atoms with E-state index >= 15 is 0 Å². The van der Waals surface area contributed by atoms with E-state index in [1.54, 1.807) is 6.92 Å². The SMILES string of the molecule is C=C(C)C(=O)OCCC(C)CN. The third kappa shape index (κ3) is 4.91. The molecule has 0 aliphatic rings. The fourth-order valence-electron chi connectivity index (χ4n) is 0.594. The molecule has 0 radical (unpaired) electrons. The Balaban J connectivity index is 3.44. The second-order valence-electron chi connectivity index (χ2n) is 3.05. The van der Waals surface area contributed by atoms with Crippen molar-refractivity contribution in [2.24, 2.45) is 11.7 Å². The molecule has 0 bridgehead atoms. The molecule has 0 fully saturated rings. The number of hydrogen-bond acceptors (Lipinski definition) is 3. The summed E-state index contributed by atoms with van der Waals surface area (Å²) in [7, 11) is 0. The van der Waals surface area contributed by atoms with Gasteiger partial charge in [0, 0.05) is 5.57 Å². The molecular formula is C9H17NO2. The normalized spacial score (nSPS) is 12.2. The molecular weight excluding hydrogens is 154 g/mol. The molecule has 0 aliphatic heterocycles. The minimum atomic E-state index is -0.320. The highest BCUT2D eigenvalue weighted by Crippen LogP contribution is 2.00. The molecule has 0 aromatic carbocycles. The maximum Gasteiger partial charge on any atom is 0.333 e. The Labute approximate surface area is 73.6 Å². The van der Waals surface area contributed by atoms with Crippen LogP contribution in [-0.4, -0.2) is 19.1 Å². The van der Waals surface area contributed by atoms with E-state index in [0.29, 0.717) is 24.6 Å². The van der Waals surface area contributed by atoms with Crippen molar-refractivity contribution < 1.29 is 9.53 Å². The fourth-order valence-corrected chi connectivity index (χ4v) is 0.594. The van der Waals surface area contributed by atoms with Crippen LogP contribution in [0.1, 0.15) is 20.3 Å². The lowest BCUT2D eigenvalue weighted by molar-refractivity contribution is -0.139. The van der Waals surface area contributed by atoms with Gasteiger partial charge >= 0.3 is 5.97 Å².